The molecule has 0 saturated carbocycles. The zero-order valence-electron chi connectivity index (χ0n) is 13.8. The highest BCUT2D eigenvalue weighted by Crippen LogP contribution is 2.31. The van der Waals surface area contributed by atoms with Crippen molar-refractivity contribution in [3.63, 3.8) is 0 Å². The van der Waals surface area contributed by atoms with E-state index in [1.54, 1.807) is 0 Å². The van der Waals surface area contributed by atoms with E-state index in [4.69, 9.17) is 0 Å². The Bertz CT molecular complexity index is 428. The van der Waals surface area contributed by atoms with E-state index in [2.05, 4.69) is 59.0 Å². The van der Waals surface area contributed by atoms with Crippen LogP contribution in [0.5, 0.6) is 0 Å². The summed E-state index contributed by atoms with van der Waals surface area (Å²) in [6.07, 6.45) is 1.96. The maximum atomic E-state index is 12.7. The van der Waals surface area contributed by atoms with Crippen LogP contribution in [0.15, 0.2) is 30.3 Å². The molecule has 1 unspecified atom stereocenters. The fraction of sp³-hybridized carbons (Fsp3) is 0.611. The third-order valence-corrected chi connectivity index (χ3v) is 3.87. The zero-order chi connectivity index (χ0) is 15.4. The molecule has 1 amide bonds. The molecule has 20 heavy (non-hydrogen) atoms. The minimum absolute atomic E-state index is 0.00708. The Morgan fingerprint density at radius 1 is 1.10 bits per heavy atom. The van der Waals surface area contributed by atoms with Crippen LogP contribution in [0.25, 0.3) is 0 Å². The van der Waals surface area contributed by atoms with Crippen LogP contribution in [0.1, 0.15) is 59.9 Å². The van der Waals surface area contributed by atoms with Crippen molar-refractivity contribution in [2.24, 2.45) is 11.3 Å². The van der Waals surface area contributed by atoms with E-state index in [9.17, 15) is 4.79 Å². The van der Waals surface area contributed by atoms with Crippen molar-refractivity contribution in [3.8, 4) is 0 Å². The number of nitrogens with one attached hydrogen (secondary N) is 1. The maximum absolute atomic E-state index is 12.7. The summed E-state index contributed by atoms with van der Waals surface area (Å²) in [5.41, 5.74) is 0.792. The Hall–Kier alpha value is -1.31. The zero-order valence-corrected chi connectivity index (χ0v) is 13.8. The highest BCUT2D eigenvalue weighted by molar-refractivity contribution is 5.80. The van der Waals surface area contributed by atoms with Crippen LogP contribution >= 0.6 is 0 Å². The third kappa shape index (κ3) is 4.36. The summed E-state index contributed by atoms with van der Waals surface area (Å²) < 4.78 is 0. The highest BCUT2D eigenvalue weighted by atomic mass is 16.2. The minimum atomic E-state index is -0.338. The molecule has 0 radical (unpaired) electrons. The predicted octanol–water partition coefficient (Wildman–Crippen LogP) is 4.50. The van der Waals surface area contributed by atoms with Crippen molar-refractivity contribution in [2.45, 2.75) is 59.9 Å². The molecule has 0 bridgehead atoms. The van der Waals surface area contributed by atoms with Gasteiger partial charge in [-0.2, -0.15) is 0 Å². The first kappa shape index (κ1) is 16.7. The Balaban J connectivity index is 2.87. The second kappa shape index (κ2) is 6.43. The van der Waals surface area contributed by atoms with E-state index in [0.717, 1.165) is 18.4 Å². The summed E-state index contributed by atoms with van der Waals surface area (Å²) in [5.74, 6) is 0.212. The number of hydrogen-bond acceptors (Lipinski definition) is 1. The molecule has 2 nitrogen and oxygen atoms in total. The minimum Gasteiger partial charge on any atom is -0.347 e. The quantitative estimate of drug-likeness (QED) is 0.842. The van der Waals surface area contributed by atoms with E-state index in [1.165, 1.54) is 0 Å². The lowest BCUT2D eigenvalue weighted by Crippen LogP contribution is -2.46. The first-order valence-corrected chi connectivity index (χ1v) is 7.56. The number of carbonyl (C=O) groups is 1. The monoisotopic (exact) mass is 275 g/mol. The van der Waals surface area contributed by atoms with Crippen LogP contribution in [-0.4, -0.2) is 5.91 Å². The lowest BCUT2D eigenvalue weighted by molar-refractivity contribution is -0.130. The summed E-state index contributed by atoms with van der Waals surface area (Å²) in [7, 11) is 0. The van der Waals surface area contributed by atoms with Crippen molar-refractivity contribution < 1.29 is 4.79 Å². The Kier molecular flexibility index (Phi) is 5.38. The van der Waals surface area contributed by atoms with Gasteiger partial charge in [0.25, 0.3) is 0 Å². The summed E-state index contributed by atoms with van der Waals surface area (Å²) in [5, 5.41) is 3.23. The van der Waals surface area contributed by atoms with Crippen LogP contribution in [0, 0.1) is 11.3 Å². The smallest absolute Gasteiger partial charge is 0.224 e. The van der Waals surface area contributed by atoms with Gasteiger partial charge in [0.1, 0.15) is 0 Å². The molecule has 1 rings (SSSR count). The molecule has 0 aromatic heterocycles. The fourth-order valence-electron chi connectivity index (χ4n) is 2.57. The van der Waals surface area contributed by atoms with Crippen molar-refractivity contribution >= 4 is 5.91 Å². The Labute approximate surface area is 124 Å². The van der Waals surface area contributed by atoms with Gasteiger partial charge in [0.2, 0.25) is 5.91 Å². The van der Waals surface area contributed by atoms with Gasteiger partial charge in [-0.25, -0.2) is 0 Å². The lowest BCUT2D eigenvalue weighted by atomic mass is 9.77. The van der Waals surface area contributed by atoms with Crippen LogP contribution < -0.4 is 5.32 Å². The van der Waals surface area contributed by atoms with Crippen LogP contribution in [0.2, 0.25) is 0 Å². The average molecular weight is 275 g/mol. The molecule has 1 atom stereocenters. The van der Waals surface area contributed by atoms with Crippen molar-refractivity contribution in [1.82, 2.24) is 5.32 Å². The van der Waals surface area contributed by atoms with Gasteiger partial charge >= 0.3 is 0 Å². The number of benzene rings is 1. The molecule has 1 N–H and O–H groups in total. The average Bonchev–Trinajstić information content (AvgIpc) is 2.35. The van der Waals surface area contributed by atoms with Gasteiger partial charge < -0.3 is 5.32 Å². The van der Waals surface area contributed by atoms with E-state index in [0.29, 0.717) is 0 Å². The van der Waals surface area contributed by atoms with Gasteiger partial charge in [-0.05, 0) is 31.2 Å². The van der Waals surface area contributed by atoms with Gasteiger partial charge in [0.05, 0.1) is 5.54 Å². The lowest BCUT2D eigenvalue weighted by Gasteiger charge is -2.34. The molecule has 0 saturated heterocycles. The first-order chi connectivity index (χ1) is 9.18. The van der Waals surface area contributed by atoms with Gasteiger partial charge in [-0.3, -0.25) is 4.79 Å². The molecule has 0 aliphatic carbocycles. The molecule has 0 fully saturated rings. The molecular weight excluding hydrogens is 246 g/mol. The molecule has 112 valence electrons. The molecule has 1 aromatic rings. The van der Waals surface area contributed by atoms with Crippen molar-refractivity contribution in [2.75, 3.05) is 0 Å². The first-order valence-electron chi connectivity index (χ1n) is 7.56. The van der Waals surface area contributed by atoms with Gasteiger partial charge in [-0.15, -0.1) is 0 Å². The Morgan fingerprint density at radius 2 is 1.65 bits per heavy atom. The molecule has 0 aliphatic heterocycles. The standard InChI is InChI=1S/C18H29NO/c1-7-11-15(17(2,3)4)16(20)19-18(5,6)14-12-9-8-10-13-14/h8-10,12-13,15H,7,11H2,1-6H3,(H,19,20). The number of hydrogen-bond donors (Lipinski definition) is 1. The third-order valence-electron chi connectivity index (χ3n) is 3.87. The topological polar surface area (TPSA) is 29.1 Å². The number of rotatable bonds is 5. The van der Waals surface area contributed by atoms with Crippen molar-refractivity contribution in [3.05, 3.63) is 35.9 Å². The van der Waals surface area contributed by atoms with Crippen LogP contribution in [0.4, 0.5) is 0 Å². The molecule has 2 heteroatoms. The number of carbonyl (C=O) groups excluding carboxylic acids is 1. The normalized spacial score (nSPS) is 13.9. The molecule has 1 aromatic carbocycles. The van der Waals surface area contributed by atoms with E-state index >= 15 is 0 Å². The van der Waals surface area contributed by atoms with Gasteiger partial charge in [0.15, 0.2) is 0 Å². The number of amides is 1. The largest absolute Gasteiger partial charge is 0.347 e. The summed E-state index contributed by atoms with van der Waals surface area (Å²) in [4.78, 5) is 12.7. The molecule has 0 spiro atoms. The Morgan fingerprint density at radius 3 is 2.10 bits per heavy atom. The molecular formula is C18H29NO. The second-order valence-electron chi connectivity index (χ2n) is 7.19. The van der Waals surface area contributed by atoms with Crippen LogP contribution in [0.3, 0.4) is 0 Å². The maximum Gasteiger partial charge on any atom is 0.224 e. The predicted molar refractivity (Wildman–Crippen MR) is 85.5 cm³/mol. The van der Waals surface area contributed by atoms with Crippen LogP contribution in [-0.2, 0) is 10.3 Å². The van der Waals surface area contributed by atoms with E-state index < -0.39 is 0 Å². The van der Waals surface area contributed by atoms with Crippen molar-refractivity contribution in [1.29, 1.82) is 0 Å². The molecule has 0 aliphatic rings. The fourth-order valence-corrected chi connectivity index (χ4v) is 2.57. The summed E-state index contributed by atoms with van der Waals surface area (Å²) >= 11 is 0. The molecule has 0 heterocycles. The van der Waals surface area contributed by atoms with Gasteiger partial charge in [0, 0.05) is 5.92 Å². The SMILES string of the molecule is CCCC(C(=O)NC(C)(C)c1ccccc1)C(C)(C)C. The van der Waals surface area contributed by atoms with E-state index in [-0.39, 0.29) is 22.8 Å². The second-order valence-corrected chi connectivity index (χ2v) is 7.19. The van der Waals surface area contributed by atoms with E-state index in [1.807, 2.05) is 18.2 Å². The summed E-state index contributed by atoms with van der Waals surface area (Å²) in [6.45, 7) is 12.7. The van der Waals surface area contributed by atoms with Gasteiger partial charge in [-0.1, -0.05) is 64.4 Å². The highest BCUT2D eigenvalue weighted by Gasteiger charge is 2.33. The summed E-state index contributed by atoms with van der Waals surface area (Å²) in [6, 6.07) is 10.1.